The van der Waals surface area contributed by atoms with E-state index in [1.165, 1.54) is 29.5 Å². The number of furan rings is 1. The summed E-state index contributed by atoms with van der Waals surface area (Å²) in [6.07, 6.45) is 0.495. The third-order valence-electron chi connectivity index (χ3n) is 7.40. The van der Waals surface area contributed by atoms with E-state index >= 15 is 0 Å². The van der Waals surface area contributed by atoms with Crippen molar-refractivity contribution < 1.29 is 22.4 Å². The summed E-state index contributed by atoms with van der Waals surface area (Å²) in [5, 5.41) is 0. The molecular formula is C28H29F3N2O2. The Morgan fingerprint density at radius 1 is 0.971 bits per heavy atom. The highest BCUT2D eigenvalue weighted by molar-refractivity contribution is 5.92. The summed E-state index contributed by atoms with van der Waals surface area (Å²) < 4.78 is 44.7. The molecule has 0 saturated carbocycles. The van der Waals surface area contributed by atoms with Crippen molar-refractivity contribution in [1.29, 1.82) is 0 Å². The molecule has 1 aromatic heterocycles. The molecule has 0 N–H and O–H groups in total. The van der Waals surface area contributed by atoms with Crippen LogP contribution >= 0.6 is 0 Å². The number of carbonyl (C=O) groups is 1. The lowest BCUT2D eigenvalue weighted by Gasteiger charge is -2.39. The van der Waals surface area contributed by atoms with Gasteiger partial charge in [0, 0.05) is 13.1 Å². The molecule has 1 saturated heterocycles. The van der Waals surface area contributed by atoms with Gasteiger partial charge in [-0.15, -0.1) is 0 Å². The number of benzene rings is 2. The van der Waals surface area contributed by atoms with Gasteiger partial charge in [-0.05, 0) is 79.6 Å². The summed E-state index contributed by atoms with van der Waals surface area (Å²) in [5.41, 5.74) is 2.67. The van der Waals surface area contributed by atoms with E-state index in [1.807, 2.05) is 23.1 Å². The smallest absolute Gasteiger partial charge is 0.416 e. The number of alkyl halides is 3. The average Bonchev–Trinajstić information content (AvgIpc) is 3.42. The highest BCUT2D eigenvalue weighted by Gasteiger charge is 2.34. The van der Waals surface area contributed by atoms with E-state index < -0.39 is 11.7 Å². The van der Waals surface area contributed by atoms with Crippen LogP contribution in [0, 0.1) is 0 Å². The van der Waals surface area contributed by atoms with Crippen LogP contribution in [0.2, 0.25) is 0 Å². The van der Waals surface area contributed by atoms with Gasteiger partial charge in [0.05, 0.1) is 17.9 Å². The fraction of sp³-hybridized carbons (Fsp3) is 0.393. The van der Waals surface area contributed by atoms with Crippen molar-refractivity contribution in [3.05, 3.63) is 94.9 Å². The zero-order valence-corrected chi connectivity index (χ0v) is 19.5. The monoisotopic (exact) mass is 482 g/mol. The van der Waals surface area contributed by atoms with Gasteiger partial charge in [-0.1, -0.05) is 42.5 Å². The topological polar surface area (TPSA) is 36.7 Å². The van der Waals surface area contributed by atoms with Crippen molar-refractivity contribution in [1.82, 2.24) is 9.80 Å². The summed E-state index contributed by atoms with van der Waals surface area (Å²) in [7, 11) is 0. The van der Waals surface area contributed by atoms with Gasteiger partial charge in [-0.3, -0.25) is 4.79 Å². The van der Waals surface area contributed by atoms with E-state index in [0.717, 1.165) is 56.9 Å². The number of likely N-dealkylation sites (tertiary alicyclic amines) is 1. The van der Waals surface area contributed by atoms with E-state index in [9.17, 15) is 18.0 Å². The first-order valence-corrected chi connectivity index (χ1v) is 12.2. The van der Waals surface area contributed by atoms with Crippen LogP contribution in [0.3, 0.4) is 0 Å². The van der Waals surface area contributed by atoms with Crippen LogP contribution in [0.5, 0.6) is 0 Å². The molecule has 2 aromatic carbocycles. The van der Waals surface area contributed by atoms with Crippen LogP contribution in [-0.4, -0.2) is 41.9 Å². The number of amides is 1. The SMILES string of the molecule is O=C(c1ccco1)N1CCc2ccccc2C1CCN1CCC(c2cccc(C(F)(F)F)c2)CC1. The fourth-order valence-electron chi connectivity index (χ4n) is 5.51. The first kappa shape index (κ1) is 23.7. The quantitative estimate of drug-likeness (QED) is 0.428. The molecule has 7 heteroatoms. The Kier molecular flexibility index (Phi) is 6.69. The molecule has 0 bridgehead atoms. The van der Waals surface area contributed by atoms with Gasteiger partial charge < -0.3 is 14.2 Å². The average molecular weight is 483 g/mol. The molecule has 1 fully saturated rings. The highest BCUT2D eigenvalue weighted by atomic mass is 19.4. The fourth-order valence-corrected chi connectivity index (χ4v) is 5.51. The van der Waals surface area contributed by atoms with E-state index in [4.69, 9.17) is 4.42 Å². The molecule has 3 heterocycles. The van der Waals surface area contributed by atoms with Crippen molar-refractivity contribution in [3.8, 4) is 0 Å². The Balaban J connectivity index is 1.24. The third-order valence-corrected chi connectivity index (χ3v) is 7.40. The number of piperidine rings is 1. The largest absolute Gasteiger partial charge is 0.459 e. The molecule has 4 nitrogen and oxygen atoms in total. The maximum Gasteiger partial charge on any atom is 0.416 e. The number of nitrogens with zero attached hydrogens (tertiary/aromatic N) is 2. The predicted molar refractivity (Wildman–Crippen MR) is 127 cm³/mol. The number of halogens is 3. The molecule has 1 atom stereocenters. The summed E-state index contributed by atoms with van der Waals surface area (Å²) >= 11 is 0. The van der Waals surface area contributed by atoms with Crippen LogP contribution in [-0.2, 0) is 12.6 Å². The van der Waals surface area contributed by atoms with E-state index in [1.54, 1.807) is 12.1 Å². The molecule has 35 heavy (non-hydrogen) atoms. The van der Waals surface area contributed by atoms with Crippen molar-refractivity contribution in [2.75, 3.05) is 26.2 Å². The van der Waals surface area contributed by atoms with E-state index in [2.05, 4.69) is 17.0 Å². The van der Waals surface area contributed by atoms with Crippen LogP contribution in [0.4, 0.5) is 13.2 Å². The predicted octanol–water partition coefficient (Wildman–Crippen LogP) is 6.31. The number of hydrogen-bond donors (Lipinski definition) is 0. The van der Waals surface area contributed by atoms with Crippen LogP contribution < -0.4 is 0 Å². The molecular weight excluding hydrogens is 453 g/mol. The van der Waals surface area contributed by atoms with Crippen LogP contribution in [0.1, 0.15) is 64.0 Å². The van der Waals surface area contributed by atoms with Crippen molar-refractivity contribution in [2.45, 2.75) is 43.8 Å². The van der Waals surface area contributed by atoms with Crippen LogP contribution in [0.25, 0.3) is 0 Å². The van der Waals surface area contributed by atoms with Gasteiger partial charge in [-0.2, -0.15) is 13.2 Å². The lowest BCUT2D eigenvalue weighted by Crippen LogP contribution is -2.42. The van der Waals surface area contributed by atoms with Crippen molar-refractivity contribution >= 4 is 5.91 Å². The van der Waals surface area contributed by atoms with Gasteiger partial charge >= 0.3 is 6.18 Å². The first-order valence-electron chi connectivity index (χ1n) is 12.2. The summed E-state index contributed by atoms with van der Waals surface area (Å²) in [6, 6.07) is 17.5. The van der Waals surface area contributed by atoms with Gasteiger partial charge in [0.2, 0.25) is 0 Å². The summed E-state index contributed by atoms with van der Waals surface area (Å²) in [5.74, 6) is 0.412. The lowest BCUT2D eigenvalue weighted by molar-refractivity contribution is -0.137. The number of fused-ring (bicyclic) bond motifs is 1. The molecule has 2 aliphatic heterocycles. The number of hydrogen-bond acceptors (Lipinski definition) is 3. The molecule has 1 amide bonds. The van der Waals surface area contributed by atoms with Crippen molar-refractivity contribution in [2.24, 2.45) is 0 Å². The number of rotatable bonds is 5. The Bertz CT molecular complexity index is 1150. The Hall–Kier alpha value is -3.06. The van der Waals surface area contributed by atoms with Gasteiger partial charge in [0.15, 0.2) is 5.76 Å². The zero-order valence-electron chi connectivity index (χ0n) is 19.5. The second-order valence-electron chi connectivity index (χ2n) is 9.47. The normalized spacial score (nSPS) is 19.5. The van der Waals surface area contributed by atoms with Gasteiger partial charge in [0.25, 0.3) is 5.91 Å². The molecule has 5 rings (SSSR count). The molecule has 0 aliphatic carbocycles. The Labute approximate surface area is 203 Å². The van der Waals surface area contributed by atoms with E-state index in [0.29, 0.717) is 12.3 Å². The minimum atomic E-state index is -4.31. The third kappa shape index (κ3) is 5.15. The molecule has 3 aromatic rings. The zero-order chi connectivity index (χ0) is 24.4. The molecule has 1 unspecified atom stereocenters. The van der Waals surface area contributed by atoms with Gasteiger partial charge in [-0.25, -0.2) is 0 Å². The molecule has 184 valence electrons. The summed E-state index contributed by atoms with van der Waals surface area (Å²) in [6.45, 7) is 3.15. The number of carbonyl (C=O) groups excluding carboxylic acids is 1. The molecule has 0 spiro atoms. The minimum absolute atomic E-state index is 0.0289. The van der Waals surface area contributed by atoms with Crippen LogP contribution in [0.15, 0.2) is 71.3 Å². The van der Waals surface area contributed by atoms with E-state index in [-0.39, 0.29) is 17.9 Å². The maximum atomic E-state index is 13.2. The summed E-state index contributed by atoms with van der Waals surface area (Å²) in [4.78, 5) is 17.5. The second kappa shape index (κ2) is 9.90. The second-order valence-corrected chi connectivity index (χ2v) is 9.47. The van der Waals surface area contributed by atoms with Crippen molar-refractivity contribution in [3.63, 3.8) is 0 Å². The maximum absolute atomic E-state index is 13.2. The van der Waals surface area contributed by atoms with Gasteiger partial charge in [0.1, 0.15) is 0 Å². The highest BCUT2D eigenvalue weighted by Crippen LogP contribution is 2.36. The standard InChI is InChI=1S/C28H29F3N2O2/c29-28(30,31)23-7-3-6-22(19-23)20-10-14-32(15-11-20)16-13-25-24-8-2-1-5-21(24)12-17-33(25)27(34)26-9-4-18-35-26/h1-9,18-20,25H,10-17H2. The lowest BCUT2D eigenvalue weighted by atomic mass is 9.87. The molecule has 0 radical (unpaired) electrons. The first-order chi connectivity index (χ1) is 16.9. The molecule has 2 aliphatic rings. The Morgan fingerprint density at radius 3 is 2.51 bits per heavy atom. The minimum Gasteiger partial charge on any atom is -0.459 e. The Morgan fingerprint density at radius 2 is 1.77 bits per heavy atom.